The average Bonchev–Trinajstić information content (AvgIpc) is 3.10. The van der Waals surface area contributed by atoms with Gasteiger partial charge in [-0.25, -0.2) is 9.97 Å². The summed E-state index contributed by atoms with van der Waals surface area (Å²) in [5.74, 6) is 2.36. The van der Waals surface area contributed by atoms with Crippen molar-refractivity contribution in [3.8, 4) is 17.1 Å². The van der Waals surface area contributed by atoms with Crippen LogP contribution in [-0.2, 0) is 19.6 Å². The summed E-state index contributed by atoms with van der Waals surface area (Å²) in [6, 6.07) is 4.88. The molecule has 148 valence electrons. The number of nitrogens with zero attached hydrogens (tertiary/aromatic N) is 3. The molecule has 0 saturated carbocycles. The van der Waals surface area contributed by atoms with Gasteiger partial charge in [-0.1, -0.05) is 6.92 Å². The largest absolute Gasteiger partial charge is 0.487 e. The van der Waals surface area contributed by atoms with E-state index in [-0.39, 0.29) is 11.1 Å². The number of alkyl halides is 3. The molecule has 0 spiro atoms. The topological polar surface area (TPSA) is 39.9 Å². The molecular formula is C20H20F3N3OS. The van der Waals surface area contributed by atoms with Gasteiger partial charge in [0, 0.05) is 29.5 Å². The summed E-state index contributed by atoms with van der Waals surface area (Å²) in [5, 5.41) is 0. The van der Waals surface area contributed by atoms with Crippen LogP contribution in [0.25, 0.3) is 22.4 Å². The lowest BCUT2D eigenvalue weighted by molar-refractivity contribution is -0.141. The highest BCUT2D eigenvalue weighted by atomic mass is 32.2. The number of hydrogen-bond donors (Lipinski definition) is 0. The van der Waals surface area contributed by atoms with Crippen LogP contribution in [0.15, 0.2) is 29.3 Å². The van der Waals surface area contributed by atoms with E-state index < -0.39 is 11.9 Å². The molecule has 0 aliphatic carbocycles. The fourth-order valence-electron chi connectivity index (χ4n) is 3.60. The van der Waals surface area contributed by atoms with Crippen LogP contribution in [0.1, 0.15) is 32.0 Å². The standard InChI is InChI=1S/C20H20F3N3OS/c1-5-28-17-11(6-7-15-12(17)9-19(2,3)27-15)18-25-13-8-16(20(21,22)23)24-10-14(13)26(18)4/h6-8,10H,5,9H2,1-4H3. The number of halogens is 3. The zero-order valence-corrected chi connectivity index (χ0v) is 16.8. The van der Waals surface area contributed by atoms with E-state index in [1.165, 1.54) is 6.20 Å². The van der Waals surface area contributed by atoms with Gasteiger partial charge in [-0.05, 0) is 37.8 Å². The molecule has 0 N–H and O–H groups in total. The van der Waals surface area contributed by atoms with Gasteiger partial charge in [-0.2, -0.15) is 13.2 Å². The van der Waals surface area contributed by atoms with E-state index in [9.17, 15) is 13.2 Å². The molecule has 0 fully saturated rings. The molecule has 0 bridgehead atoms. The summed E-state index contributed by atoms with van der Waals surface area (Å²) < 4.78 is 46.9. The van der Waals surface area contributed by atoms with Crippen LogP contribution in [0.4, 0.5) is 13.2 Å². The van der Waals surface area contributed by atoms with Crippen molar-refractivity contribution in [3.05, 3.63) is 35.7 Å². The summed E-state index contributed by atoms with van der Waals surface area (Å²) in [6.07, 6.45) is -2.48. The summed E-state index contributed by atoms with van der Waals surface area (Å²) in [6.45, 7) is 6.17. The quantitative estimate of drug-likeness (QED) is 0.539. The third-order valence-corrected chi connectivity index (χ3v) is 5.84. The molecule has 0 radical (unpaired) electrons. The molecule has 1 aliphatic heterocycles. The van der Waals surface area contributed by atoms with Crippen LogP contribution >= 0.6 is 11.8 Å². The normalized spacial score (nSPS) is 15.7. The van der Waals surface area contributed by atoms with Gasteiger partial charge in [0.25, 0.3) is 0 Å². The number of aromatic nitrogens is 3. The second-order valence-corrected chi connectivity index (χ2v) is 8.72. The van der Waals surface area contributed by atoms with Gasteiger partial charge < -0.3 is 9.30 Å². The van der Waals surface area contributed by atoms with Crippen molar-refractivity contribution >= 4 is 22.8 Å². The molecule has 8 heteroatoms. The number of ether oxygens (including phenoxy) is 1. The number of imidazole rings is 1. The molecule has 3 heterocycles. The smallest absolute Gasteiger partial charge is 0.433 e. The maximum absolute atomic E-state index is 13.0. The van der Waals surface area contributed by atoms with Crippen molar-refractivity contribution in [2.45, 2.75) is 43.9 Å². The number of hydrogen-bond acceptors (Lipinski definition) is 4. The number of rotatable bonds is 3. The maximum atomic E-state index is 13.0. The Balaban J connectivity index is 1.90. The molecule has 4 rings (SSSR count). The Hall–Kier alpha value is -2.22. The van der Waals surface area contributed by atoms with E-state index >= 15 is 0 Å². The van der Waals surface area contributed by atoms with Crippen molar-refractivity contribution in [1.82, 2.24) is 14.5 Å². The molecule has 2 aromatic heterocycles. The monoisotopic (exact) mass is 407 g/mol. The van der Waals surface area contributed by atoms with Crippen LogP contribution in [0, 0.1) is 0 Å². The lowest BCUT2D eigenvalue weighted by atomic mass is 10.00. The predicted molar refractivity (Wildman–Crippen MR) is 104 cm³/mol. The van der Waals surface area contributed by atoms with Crippen molar-refractivity contribution in [2.75, 3.05) is 5.75 Å². The van der Waals surface area contributed by atoms with Gasteiger partial charge >= 0.3 is 6.18 Å². The fraction of sp³-hybridized carbons (Fsp3) is 0.400. The van der Waals surface area contributed by atoms with Gasteiger partial charge in [0.1, 0.15) is 22.9 Å². The first-order chi connectivity index (χ1) is 13.1. The first kappa shape index (κ1) is 19.1. The summed E-state index contributed by atoms with van der Waals surface area (Å²) in [4.78, 5) is 9.18. The van der Waals surface area contributed by atoms with E-state index in [2.05, 4.69) is 16.9 Å². The molecule has 0 saturated heterocycles. The Morgan fingerprint density at radius 2 is 2.04 bits per heavy atom. The fourth-order valence-corrected chi connectivity index (χ4v) is 4.55. The number of benzene rings is 1. The van der Waals surface area contributed by atoms with Gasteiger partial charge in [-0.15, -0.1) is 11.8 Å². The summed E-state index contributed by atoms with van der Waals surface area (Å²) in [7, 11) is 1.80. The molecule has 0 atom stereocenters. The highest BCUT2D eigenvalue weighted by Gasteiger charge is 2.35. The molecular weight excluding hydrogens is 387 g/mol. The number of fused-ring (bicyclic) bond motifs is 2. The average molecular weight is 407 g/mol. The van der Waals surface area contributed by atoms with E-state index in [1.807, 2.05) is 26.0 Å². The zero-order chi connectivity index (χ0) is 20.3. The molecule has 4 nitrogen and oxygen atoms in total. The Kier molecular flexibility index (Phi) is 4.37. The Morgan fingerprint density at radius 1 is 1.29 bits per heavy atom. The highest BCUT2D eigenvalue weighted by Crippen LogP contribution is 2.45. The minimum Gasteiger partial charge on any atom is -0.487 e. The zero-order valence-electron chi connectivity index (χ0n) is 16.0. The van der Waals surface area contributed by atoms with Crippen LogP contribution in [0.2, 0.25) is 0 Å². The number of aryl methyl sites for hydroxylation is 1. The molecule has 3 aromatic rings. The van der Waals surface area contributed by atoms with Crippen LogP contribution in [0.5, 0.6) is 5.75 Å². The Morgan fingerprint density at radius 3 is 2.71 bits per heavy atom. The predicted octanol–water partition coefficient (Wildman–Crippen LogP) is 5.48. The van der Waals surface area contributed by atoms with Crippen molar-refractivity contribution < 1.29 is 17.9 Å². The molecule has 1 aromatic carbocycles. The van der Waals surface area contributed by atoms with Gasteiger partial charge in [0.15, 0.2) is 0 Å². The minimum absolute atomic E-state index is 0.276. The third kappa shape index (κ3) is 3.13. The van der Waals surface area contributed by atoms with Crippen LogP contribution in [-0.4, -0.2) is 25.9 Å². The van der Waals surface area contributed by atoms with Crippen molar-refractivity contribution in [1.29, 1.82) is 0 Å². The second-order valence-electron chi connectivity index (χ2n) is 7.44. The molecule has 0 amide bonds. The molecule has 28 heavy (non-hydrogen) atoms. The van der Waals surface area contributed by atoms with E-state index in [0.717, 1.165) is 40.0 Å². The van der Waals surface area contributed by atoms with Crippen LogP contribution in [0.3, 0.4) is 0 Å². The first-order valence-corrected chi connectivity index (χ1v) is 9.97. The first-order valence-electron chi connectivity index (χ1n) is 8.98. The van der Waals surface area contributed by atoms with Crippen molar-refractivity contribution in [2.24, 2.45) is 7.05 Å². The van der Waals surface area contributed by atoms with Crippen LogP contribution < -0.4 is 4.74 Å². The Labute approximate surface area is 165 Å². The van der Waals surface area contributed by atoms with E-state index in [0.29, 0.717) is 11.3 Å². The van der Waals surface area contributed by atoms with Gasteiger partial charge in [-0.3, -0.25) is 0 Å². The van der Waals surface area contributed by atoms with E-state index in [1.54, 1.807) is 23.4 Å². The van der Waals surface area contributed by atoms with E-state index in [4.69, 9.17) is 4.74 Å². The number of thioether (sulfide) groups is 1. The molecule has 1 aliphatic rings. The Bertz CT molecular complexity index is 1070. The highest BCUT2D eigenvalue weighted by molar-refractivity contribution is 7.99. The lowest BCUT2D eigenvalue weighted by Gasteiger charge is -2.16. The summed E-state index contributed by atoms with van der Waals surface area (Å²) in [5.41, 5.74) is 1.67. The van der Waals surface area contributed by atoms with Gasteiger partial charge in [0.05, 0.1) is 17.2 Å². The lowest BCUT2D eigenvalue weighted by Crippen LogP contribution is -2.24. The second kappa shape index (κ2) is 6.40. The SMILES string of the molecule is CCSc1c(-c2nc3cc(C(F)(F)F)ncc3n2C)ccc2c1CC(C)(C)O2. The maximum Gasteiger partial charge on any atom is 0.433 e. The molecule has 0 unspecified atom stereocenters. The third-order valence-electron chi connectivity index (χ3n) is 4.79. The summed E-state index contributed by atoms with van der Waals surface area (Å²) >= 11 is 1.70. The van der Waals surface area contributed by atoms with Gasteiger partial charge in [0.2, 0.25) is 0 Å². The minimum atomic E-state index is -4.49. The number of pyridine rings is 1. The van der Waals surface area contributed by atoms with Crippen molar-refractivity contribution in [3.63, 3.8) is 0 Å².